The van der Waals surface area contributed by atoms with Gasteiger partial charge in [0.05, 0.1) is 19.3 Å². The first-order chi connectivity index (χ1) is 15.2. The van der Waals surface area contributed by atoms with Crippen molar-refractivity contribution in [2.75, 3.05) is 13.7 Å². The number of benzene rings is 2. The van der Waals surface area contributed by atoms with E-state index in [1.165, 1.54) is 39.2 Å². The zero-order valence-corrected chi connectivity index (χ0v) is 17.7. The number of carbonyl (C=O) groups excluding carboxylic acids is 2. The maximum absolute atomic E-state index is 14.8. The Hall–Kier alpha value is -3.33. The van der Waals surface area contributed by atoms with Crippen LogP contribution in [-0.4, -0.2) is 36.8 Å². The molecular formula is C23H23F3N2O4. The Morgan fingerprint density at radius 1 is 1.12 bits per heavy atom. The molecule has 9 heteroatoms. The highest BCUT2D eigenvalue weighted by Gasteiger charge is 2.64. The fourth-order valence-electron chi connectivity index (χ4n) is 3.66. The molecule has 0 radical (unpaired) electrons. The molecule has 0 unspecified atom stereocenters. The summed E-state index contributed by atoms with van der Waals surface area (Å²) in [6.07, 6.45) is -3.96. The Balaban J connectivity index is 2.26. The Labute approximate surface area is 182 Å². The van der Waals surface area contributed by atoms with E-state index in [1.54, 1.807) is 30.3 Å². The molecule has 3 rings (SSSR count). The van der Waals surface area contributed by atoms with E-state index in [4.69, 9.17) is 4.74 Å². The summed E-state index contributed by atoms with van der Waals surface area (Å²) in [6, 6.07) is 11.7. The van der Waals surface area contributed by atoms with Gasteiger partial charge < -0.3 is 14.5 Å². The molecule has 1 heterocycles. The van der Waals surface area contributed by atoms with Gasteiger partial charge in [0.15, 0.2) is 0 Å². The van der Waals surface area contributed by atoms with E-state index >= 15 is 0 Å². The van der Waals surface area contributed by atoms with Gasteiger partial charge in [0.25, 0.3) is 0 Å². The van der Waals surface area contributed by atoms with E-state index in [1.807, 2.05) is 0 Å². The van der Waals surface area contributed by atoms with Gasteiger partial charge in [0.1, 0.15) is 0 Å². The predicted octanol–water partition coefficient (Wildman–Crippen LogP) is 4.63. The number of ether oxygens (including phenoxy) is 2. The number of esters is 2. The maximum atomic E-state index is 14.8. The van der Waals surface area contributed by atoms with Crippen molar-refractivity contribution in [2.45, 2.75) is 31.6 Å². The number of hydrogen-bond acceptors (Lipinski definition) is 5. The Bertz CT molecular complexity index is 1110. The zero-order valence-electron chi connectivity index (χ0n) is 17.7. The van der Waals surface area contributed by atoms with Crippen LogP contribution in [0.1, 0.15) is 41.4 Å². The quantitative estimate of drug-likeness (QED) is 0.516. The molecule has 0 fully saturated rings. The molecule has 2 atom stereocenters. The molecule has 0 spiro atoms. The fourth-order valence-corrected chi connectivity index (χ4v) is 3.66. The van der Waals surface area contributed by atoms with Crippen molar-refractivity contribution >= 4 is 22.8 Å². The van der Waals surface area contributed by atoms with Crippen molar-refractivity contribution in [3.8, 4) is 0 Å². The van der Waals surface area contributed by atoms with Crippen LogP contribution >= 0.6 is 0 Å². The van der Waals surface area contributed by atoms with Crippen molar-refractivity contribution in [3.05, 3.63) is 71.4 Å². The minimum Gasteiger partial charge on any atom is -0.465 e. The van der Waals surface area contributed by atoms with Crippen molar-refractivity contribution in [3.63, 3.8) is 0 Å². The van der Waals surface area contributed by atoms with Crippen LogP contribution in [0.2, 0.25) is 0 Å². The van der Waals surface area contributed by atoms with Gasteiger partial charge in [-0.2, -0.15) is 13.2 Å². The fraction of sp³-hybridized carbons (Fsp3) is 0.304. The Kier molecular flexibility index (Phi) is 6.59. The third-order valence-corrected chi connectivity index (χ3v) is 5.25. The molecule has 0 aliphatic heterocycles. The van der Waals surface area contributed by atoms with Crippen LogP contribution in [0.5, 0.6) is 0 Å². The third kappa shape index (κ3) is 4.08. The number of hydrogen-bond donors (Lipinski definition) is 2. The highest BCUT2D eigenvalue weighted by molar-refractivity contribution is 5.98. The molecule has 0 aliphatic carbocycles. The van der Waals surface area contributed by atoms with E-state index in [0.29, 0.717) is 11.1 Å². The van der Waals surface area contributed by atoms with Crippen LogP contribution in [-0.2, 0) is 19.8 Å². The second-order valence-electron chi connectivity index (χ2n) is 7.20. The van der Waals surface area contributed by atoms with Gasteiger partial charge in [-0.3, -0.25) is 5.32 Å². The van der Waals surface area contributed by atoms with Crippen LogP contribution in [0.25, 0.3) is 10.9 Å². The number of rotatable bonds is 7. The van der Waals surface area contributed by atoms with Gasteiger partial charge >= 0.3 is 18.1 Å². The van der Waals surface area contributed by atoms with Gasteiger partial charge in [-0.25, -0.2) is 9.59 Å². The van der Waals surface area contributed by atoms with Crippen LogP contribution in [0.4, 0.5) is 13.2 Å². The van der Waals surface area contributed by atoms with Crippen molar-refractivity contribution in [1.82, 2.24) is 10.3 Å². The molecule has 2 N–H and O–H groups in total. The SMILES string of the molecule is CCOC(=O)[C@](N[C@@H](C)c1ccccc1)(c1c[nH]c2ccc(C(=O)OC)cc12)C(F)(F)F. The van der Waals surface area contributed by atoms with E-state index in [-0.39, 0.29) is 17.6 Å². The smallest absolute Gasteiger partial charge is 0.421 e. The molecule has 0 saturated carbocycles. The van der Waals surface area contributed by atoms with Crippen LogP contribution in [0.15, 0.2) is 54.7 Å². The normalized spacial score (nSPS) is 14.6. The van der Waals surface area contributed by atoms with E-state index in [9.17, 15) is 22.8 Å². The zero-order chi connectivity index (χ0) is 23.5. The third-order valence-electron chi connectivity index (χ3n) is 5.25. The molecular weight excluding hydrogens is 425 g/mol. The van der Waals surface area contributed by atoms with Crippen LogP contribution in [0, 0.1) is 0 Å². The first kappa shape index (κ1) is 23.3. The van der Waals surface area contributed by atoms with Crippen molar-refractivity contribution < 1.29 is 32.2 Å². The van der Waals surface area contributed by atoms with Crippen molar-refractivity contribution in [2.24, 2.45) is 0 Å². The molecule has 2 aromatic carbocycles. The summed E-state index contributed by atoms with van der Waals surface area (Å²) in [5.41, 5.74) is -2.66. The van der Waals surface area contributed by atoms with Gasteiger partial charge in [0.2, 0.25) is 5.54 Å². The Morgan fingerprint density at radius 3 is 2.41 bits per heavy atom. The predicted molar refractivity (Wildman–Crippen MR) is 112 cm³/mol. The summed E-state index contributed by atoms with van der Waals surface area (Å²) in [6.45, 7) is 2.72. The van der Waals surface area contributed by atoms with E-state index in [0.717, 1.165) is 6.20 Å². The number of H-pyrrole nitrogens is 1. The van der Waals surface area contributed by atoms with Gasteiger partial charge in [-0.15, -0.1) is 0 Å². The molecule has 0 saturated heterocycles. The summed E-state index contributed by atoms with van der Waals surface area (Å²) >= 11 is 0. The monoisotopic (exact) mass is 448 g/mol. The van der Waals surface area contributed by atoms with Gasteiger partial charge in [-0.05, 0) is 37.6 Å². The number of fused-ring (bicyclic) bond motifs is 1. The van der Waals surface area contributed by atoms with Crippen LogP contribution in [0.3, 0.4) is 0 Å². The Morgan fingerprint density at radius 2 is 1.81 bits per heavy atom. The lowest BCUT2D eigenvalue weighted by Gasteiger charge is -2.36. The molecule has 6 nitrogen and oxygen atoms in total. The average Bonchev–Trinajstić information content (AvgIpc) is 3.20. The number of methoxy groups -OCH3 is 1. The largest absolute Gasteiger partial charge is 0.465 e. The molecule has 32 heavy (non-hydrogen) atoms. The summed E-state index contributed by atoms with van der Waals surface area (Å²) in [5, 5.41) is 2.54. The highest BCUT2D eigenvalue weighted by atomic mass is 19.4. The minimum absolute atomic E-state index is 0.0473. The molecule has 170 valence electrons. The maximum Gasteiger partial charge on any atom is 0.421 e. The topological polar surface area (TPSA) is 80.4 Å². The molecule has 3 aromatic rings. The molecule has 0 aliphatic rings. The lowest BCUT2D eigenvalue weighted by molar-refractivity contribution is -0.218. The summed E-state index contributed by atoms with van der Waals surface area (Å²) in [5.74, 6) is -2.20. The van der Waals surface area contributed by atoms with Gasteiger partial charge in [-0.1, -0.05) is 30.3 Å². The minimum atomic E-state index is -5.07. The van der Waals surface area contributed by atoms with E-state index in [2.05, 4.69) is 15.0 Å². The first-order valence-corrected chi connectivity index (χ1v) is 9.92. The number of carbonyl (C=O) groups is 2. The molecule has 0 bridgehead atoms. The molecule has 1 aromatic heterocycles. The number of alkyl halides is 3. The first-order valence-electron chi connectivity index (χ1n) is 9.92. The second-order valence-corrected chi connectivity index (χ2v) is 7.20. The van der Waals surface area contributed by atoms with Crippen LogP contribution < -0.4 is 5.32 Å². The second kappa shape index (κ2) is 9.04. The summed E-state index contributed by atoms with van der Waals surface area (Å²) in [4.78, 5) is 27.7. The average molecular weight is 448 g/mol. The van der Waals surface area contributed by atoms with E-state index < -0.39 is 35.3 Å². The lowest BCUT2D eigenvalue weighted by atomic mass is 9.86. The molecule has 0 amide bonds. The lowest BCUT2D eigenvalue weighted by Crippen LogP contribution is -2.60. The number of aromatic amines is 1. The summed E-state index contributed by atoms with van der Waals surface area (Å²) in [7, 11) is 1.17. The number of aromatic nitrogens is 1. The number of halogens is 3. The number of nitrogens with one attached hydrogen (secondary N) is 2. The standard InChI is InChI=1S/C23H23F3N2O4/c1-4-32-21(30)22(23(24,25)26,28-14(2)15-8-6-5-7-9-15)18-13-27-19-11-10-16(12-17(18)19)20(29)31-3/h5-14,27-28H,4H2,1-3H3/t14-,22+/m0/s1. The highest BCUT2D eigenvalue weighted by Crippen LogP contribution is 2.44. The van der Waals surface area contributed by atoms with Crippen molar-refractivity contribution in [1.29, 1.82) is 0 Å². The summed E-state index contributed by atoms with van der Waals surface area (Å²) < 4.78 is 53.9. The van der Waals surface area contributed by atoms with Gasteiger partial charge in [0, 0.05) is 28.7 Å².